The fourth-order valence-electron chi connectivity index (χ4n) is 1.65. The average molecular weight is 262 g/mol. The van der Waals surface area contributed by atoms with Crippen LogP contribution in [0.3, 0.4) is 0 Å². The molecule has 0 aromatic carbocycles. The van der Waals surface area contributed by atoms with Crippen LogP contribution in [-0.4, -0.2) is 23.7 Å². The Morgan fingerprint density at radius 3 is 2.29 bits per heavy atom. The molecule has 0 heterocycles. The van der Waals surface area contributed by atoms with Crippen LogP contribution >= 0.6 is 0 Å². The van der Waals surface area contributed by atoms with E-state index in [1.807, 2.05) is 12.2 Å². The molecule has 0 saturated carbocycles. The number of rotatable bonds is 10. The van der Waals surface area contributed by atoms with Crippen molar-refractivity contribution in [1.29, 1.82) is 0 Å². The zero-order chi connectivity index (χ0) is 12.4. The van der Waals surface area contributed by atoms with Crippen molar-refractivity contribution in [2.45, 2.75) is 38.6 Å². The highest BCUT2D eigenvalue weighted by Gasteiger charge is 2.12. The minimum Gasteiger partial charge on any atom is -1.00 e. The lowest BCUT2D eigenvalue weighted by Gasteiger charge is -2.15. The Morgan fingerprint density at radius 1 is 1.35 bits per heavy atom. The molecule has 0 rings (SSSR count). The maximum Gasteiger partial charge on any atom is 0.303 e. The fourth-order valence-corrected chi connectivity index (χ4v) is 1.65. The van der Waals surface area contributed by atoms with E-state index in [2.05, 4.69) is 25.4 Å². The quantitative estimate of drug-likeness (QED) is 0.474. The van der Waals surface area contributed by atoms with Crippen molar-refractivity contribution in [2.75, 3.05) is 6.54 Å². The van der Waals surface area contributed by atoms with Crippen molar-refractivity contribution in [3.05, 3.63) is 25.3 Å². The summed E-state index contributed by atoms with van der Waals surface area (Å²) in [6.45, 7) is 10.6. The van der Waals surface area contributed by atoms with Crippen molar-refractivity contribution in [2.24, 2.45) is 5.92 Å². The molecule has 0 bridgehead atoms. The number of nitrogens with two attached hydrogens (primary N) is 1. The number of halogens is 1. The van der Waals surface area contributed by atoms with Gasteiger partial charge in [-0.25, -0.2) is 0 Å². The van der Waals surface area contributed by atoms with Gasteiger partial charge in [0.2, 0.25) is 0 Å². The molecular formula is C13H24ClNO2. The molecule has 1 atom stereocenters. The number of hydrogen-bond donors (Lipinski definition) is 2. The second-order valence-electron chi connectivity index (χ2n) is 4.30. The number of carboxylic acid groups (broad SMARTS) is 1. The Labute approximate surface area is 110 Å². The standard InChI is InChI=1S/C13H23NO2.ClH/c1-4-6-12(7-5-2)10-14-11(3)8-9-13(15)16;/h4-5,11-12,14H,1-2,6-10H2,3H3,(H,15,16);1H. The first-order valence-electron chi connectivity index (χ1n) is 5.87. The first-order chi connectivity index (χ1) is 7.60. The number of carbonyl (C=O) groups is 1. The fraction of sp³-hybridized carbons (Fsp3) is 0.615. The molecular weight excluding hydrogens is 238 g/mol. The van der Waals surface area contributed by atoms with E-state index in [1.165, 1.54) is 0 Å². The van der Waals surface area contributed by atoms with Gasteiger partial charge >= 0.3 is 5.97 Å². The van der Waals surface area contributed by atoms with Gasteiger partial charge in [0, 0.05) is 12.3 Å². The van der Waals surface area contributed by atoms with E-state index in [0.717, 1.165) is 25.8 Å². The molecule has 0 radical (unpaired) electrons. The van der Waals surface area contributed by atoms with E-state index in [0.29, 0.717) is 12.0 Å². The summed E-state index contributed by atoms with van der Waals surface area (Å²) in [6.07, 6.45) is 6.84. The van der Waals surface area contributed by atoms with Crippen LogP contribution in [-0.2, 0) is 4.79 Å². The maximum absolute atomic E-state index is 10.4. The minimum absolute atomic E-state index is 0. The molecule has 0 amide bonds. The molecule has 1 unspecified atom stereocenters. The van der Waals surface area contributed by atoms with E-state index in [4.69, 9.17) is 5.11 Å². The number of aliphatic carboxylic acids is 1. The van der Waals surface area contributed by atoms with Gasteiger partial charge in [-0.2, -0.15) is 0 Å². The van der Waals surface area contributed by atoms with Crippen molar-refractivity contribution >= 4 is 5.97 Å². The zero-order valence-corrected chi connectivity index (χ0v) is 11.3. The Morgan fingerprint density at radius 2 is 1.88 bits per heavy atom. The van der Waals surface area contributed by atoms with Gasteiger partial charge in [-0.3, -0.25) is 4.79 Å². The maximum atomic E-state index is 10.4. The van der Waals surface area contributed by atoms with E-state index >= 15 is 0 Å². The molecule has 3 nitrogen and oxygen atoms in total. The monoisotopic (exact) mass is 261 g/mol. The Hall–Kier alpha value is -0.800. The average Bonchev–Trinajstić information content (AvgIpc) is 2.23. The lowest BCUT2D eigenvalue weighted by molar-refractivity contribution is -0.691. The van der Waals surface area contributed by atoms with Crippen LogP contribution in [0.5, 0.6) is 0 Å². The van der Waals surface area contributed by atoms with Gasteiger partial charge in [0.1, 0.15) is 0 Å². The SMILES string of the molecule is C=CCC(CC=C)C[NH2+]C(C)CCC(=O)O.[Cl-]. The molecule has 0 aromatic heterocycles. The highest BCUT2D eigenvalue weighted by molar-refractivity contribution is 5.66. The lowest BCUT2D eigenvalue weighted by Crippen LogP contribution is -3.00. The Kier molecular flexibility index (Phi) is 12.8. The summed E-state index contributed by atoms with van der Waals surface area (Å²) in [5.41, 5.74) is 0. The van der Waals surface area contributed by atoms with Crippen LogP contribution in [0.4, 0.5) is 0 Å². The van der Waals surface area contributed by atoms with Crippen molar-refractivity contribution in [1.82, 2.24) is 0 Å². The molecule has 4 heteroatoms. The second-order valence-corrected chi connectivity index (χ2v) is 4.30. The van der Waals surface area contributed by atoms with Crippen molar-refractivity contribution in [3.8, 4) is 0 Å². The molecule has 0 fully saturated rings. The molecule has 0 aliphatic carbocycles. The van der Waals surface area contributed by atoms with Gasteiger partial charge in [0.05, 0.1) is 19.0 Å². The van der Waals surface area contributed by atoms with Crippen molar-refractivity contribution in [3.63, 3.8) is 0 Å². The van der Waals surface area contributed by atoms with Crippen LogP contribution in [0.1, 0.15) is 32.6 Å². The highest BCUT2D eigenvalue weighted by Crippen LogP contribution is 2.06. The molecule has 100 valence electrons. The summed E-state index contributed by atoms with van der Waals surface area (Å²) in [4.78, 5) is 10.4. The molecule has 0 aromatic rings. The van der Waals surface area contributed by atoms with Crippen LogP contribution in [0, 0.1) is 5.92 Å². The topological polar surface area (TPSA) is 53.9 Å². The van der Waals surface area contributed by atoms with E-state index in [1.54, 1.807) is 0 Å². The van der Waals surface area contributed by atoms with Gasteiger partial charge < -0.3 is 22.8 Å². The van der Waals surface area contributed by atoms with Crippen molar-refractivity contribution < 1.29 is 27.6 Å². The largest absolute Gasteiger partial charge is 1.00 e. The minimum atomic E-state index is -0.714. The number of carboxylic acids is 1. The summed E-state index contributed by atoms with van der Waals surface area (Å²) < 4.78 is 0. The van der Waals surface area contributed by atoms with Gasteiger partial charge in [0.25, 0.3) is 0 Å². The van der Waals surface area contributed by atoms with Gasteiger partial charge in [-0.05, 0) is 19.8 Å². The van der Waals surface area contributed by atoms with E-state index < -0.39 is 5.97 Å². The summed E-state index contributed by atoms with van der Waals surface area (Å²) in [7, 11) is 0. The van der Waals surface area contributed by atoms with E-state index in [-0.39, 0.29) is 18.8 Å². The molecule has 3 N–H and O–H groups in total. The van der Waals surface area contributed by atoms with Crippen LogP contribution in [0.2, 0.25) is 0 Å². The lowest BCUT2D eigenvalue weighted by atomic mass is 10.0. The van der Waals surface area contributed by atoms with Crippen LogP contribution in [0.25, 0.3) is 0 Å². The normalized spacial score (nSPS) is 11.6. The number of allylic oxidation sites excluding steroid dienone is 2. The third kappa shape index (κ3) is 11.5. The van der Waals surface area contributed by atoms with E-state index in [9.17, 15) is 4.79 Å². The predicted octanol–water partition coefficient (Wildman–Crippen LogP) is -1.42. The molecule has 0 aliphatic rings. The van der Waals surface area contributed by atoms with Crippen LogP contribution < -0.4 is 17.7 Å². The summed E-state index contributed by atoms with van der Waals surface area (Å²) in [5.74, 6) is -0.142. The van der Waals surface area contributed by atoms with Gasteiger partial charge in [-0.15, -0.1) is 13.2 Å². The first kappa shape index (κ1) is 18.6. The summed E-state index contributed by atoms with van der Waals surface area (Å²) in [5, 5.41) is 10.8. The zero-order valence-electron chi connectivity index (χ0n) is 10.6. The smallest absolute Gasteiger partial charge is 0.303 e. The summed E-state index contributed by atoms with van der Waals surface area (Å²) >= 11 is 0. The van der Waals surface area contributed by atoms with Gasteiger partial charge in [-0.1, -0.05) is 12.2 Å². The number of quaternary nitrogens is 1. The molecule has 0 saturated heterocycles. The molecule has 0 spiro atoms. The highest BCUT2D eigenvalue weighted by atomic mass is 35.5. The molecule has 17 heavy (non-hydrogen) atoms. The third-order valence-electron chi connectivity index (χ3n) is 2.69. The van der Waals surface area contributed by atoms with Gasteiger partial charge in [0.15, 0.2) is 0 Å². The molecule has 0 aliphatic heterocycles. The Bertz CT molecular complexity index is 221. The second kappa shape index (κ2) is 11.7. The Balaban J connectivity index is 0. The summed E-state index contributed by atoms with van der Waals surface area (Å²) in [6, 6.07) is 0.369. The predicted molar refractivity (Wildman–Crippen MR) is 66.2 cm³/mol. The number of hydrogen-bond acceptors (Lipinski definition) is 1. The third-order valence-corrected chi connectivity index (χ3v) is 2.69. The van der Waals surface area contributed by atoms with Crippen LogP contribution in [0.15, 0.2) is 25.3 Å². The first-order valence-corrected chi connectivity index (χ1v) is 5.87.